The van der Waals surface area contributed by atoms with Gasteiger partial charge in [0.15, 0.2) is 0 Å². The van der Waals surface area contributed by atoms with Gasteiger partial charge in [-0.3, -0.25) is 9.59 Å². The maximum absolute atomic E-state index is 12.4. The van der Waals surface area contributed by atoms with Crippen molar-refractivity contribution in [2.24, 2.45) is 0 Å². The average molecular weight is 499 g/mol. The van der Waals surface area contributed by atoms with Gasteiger partial charge in [-0.05, 0) is 68.2 Å². The number of esters is 2. The summed E-state index contributed by atoms with van der Waals surface area (Å²) in [6.07, 6.45) is 7.30. The first-order chi connectivity index (χ1) is 16.1. The van der Waals surface area contributed by atoms with Gasteiger partial charge in [0, 0.05) is 36.8 Å². The number of nitrogens with zero attached hydrogens (tertiary/aromatic N) is 2. The molecule has 0 aromatic heterocycles. The molecule has 2 atom stereocenters. The molecule has 0 aromatic carbocycles. The van der Waals surface area contributed by atoms with Crippen LogP contribution in [0.5, 0.6) is 0 Å². The van der Waals surface area contributed by atoms with E-state index in [0.29, 0.717) is 19.3 Å². The van der Waals surface area contributed by atoms with Gasteiger partial charge in [0.05, 0.1) is 18.2 Å². The summed E-state index contributed by atoms with van der Waals surface area (Å²) in [5.74, 6) is -0.332. The summed E-state index contributed by atoms with van der Waals surface area (Å²) in [6.45, 7) is 16.0. The van der Waals surface area contributed by atoms with Gasteiger partial charge >= 0.3 is 11.9 Å². The zero-order chi connectivity index (χ0) is 26.7. The van der Waals surface area contributed by atoms with E-state index in [-0.39, 0.29) is 35.2 Å². The molecule has 204 valence electrons. The molecule has 2 aliphatic heterocycles. The van der Waals surface area contributed by atoms with Crippen LogP contribution >= 0.6 is 0 Å². The lowest BCUT2D eigenvalue weighted by molar-refractivity contribution is -0.229. The van der Waals surface area contributed by atoms with Crippen LogP contribution in [0.2, 0.25) is 0 Å². The minimum absolute atomic E-state index is 0.140. The van der Waals surface area contributed by atoms with Crippen LogP contribution < -0.4 is 0 Å². The first kappa shape index (κ1) is 30.0. The molecule has 8 heteroatoms. The third-order valence-corrected chi connectivity index (χ3v) is 7.88. The molecule has 2 rings (SSSR count). The molecule has 2 fully saturated rings. The monoisotopic (exact) mass is 498 g/mol. The molecule has 0 bridgehead atoms. The van der Waals surface area contributed by atoms with E-state index in [4.69, 9.17) is 14.3 Å². The summed E-state index contributed by atoms with van der Waals surface area (Å²) in [5.41, 5.74) is -1.54. The summed E-state index contributed by atoms with van der Waals surface area (Å²) < 4.78 is 11.5. The first-order valence-electron chi connectivity index (χ1n) is 13.3. The van der Waals surface area contributed by atoms with E-state index in [1.165, 1.54) is 5.06 Å². The molecule has 0 aliphatic carbocycles. The SMILES string of the molecule is CON1C(C)(C)CC(OC(=O)CCCCCCCCC(=O)OC2CC(C)(C)N(O)C2(C)C)C1(C)C. The van der Waals surface area contributed by atoms with E-state index < -0.39 is 11.1 Å². The van der Waals surface area contributed by atoms with Gasteiger partial charge in [0.25, 0.3) is 0 Å². The van der Waals surface area contributed by atoms with Gasteiger partial charge in [-0.1, -0.05) is 25.7 Å². The zero-order valence-electron chi connectivity index (χ0n) is 23.6. The summed E-state index contributed by atoms with van der Waals surface area (Å²) in [5, 5.41) is 13.6. The summed E-state index contributed by atoms with van der Waals surface area (Å²) in [6, 6.07) is 0. The molecule has 0 amide bonds. The number of carbonyl (C=O) groups excluding carboxylic acids is 2. The smallest absolute Gasteiger partial charge is 0.306 e. The van der Waals surface area contributed by atoms with Crippen molar-refractivity contribution in [2.45, 2.75) is 154 Å². The molecule has 0 radical (unpaired) electrons. The minimum atomic E-state index is -0.590. The van der Waals surface area contributed by atoms with E-state index in [1.54, 1.807) is 7.11 Å². The van der Waals surface area contributed by atoms with E-state index in [9.17, 15) is 14.8 Å². The Hall–Kier alpha value is -1.22. The zero-order valence-corrected chi connectivity index (χ0v) is 23.6. The average Bonchev–Trinajstić information content (AvgIpc) is 3.00. The Labute approximate surface area is 212 Å². The number of hydroxylamine groups is 4. The second-order valence-corrected chi connectivity index (χ2v) is 12.7. The second kappa shape index (κ2) is 11.4. The molecule has 8 nitrogen and oxygen atoms in total. The Bertz CT molecular complexity index is 733. The molecule has 2 saturated heterocycles. The number of unbranched alkanes of at least 4 members (excludes halogenated alkanes) is 5. The van der Waals surface area contributed by atoms with Gasteiger partial charge in [0.1, 0.15) is 12.2 Å². The van der Waals surface area contributed by atoms with Crippen molar-refractivity contribution in [2.75, 3.05) is 7.11 Å². The minimum Gasteiger partial charge on any atom is -0.460 e. The van der Waals surface area contributed by atoms with Crippen molar-refractivity contribution in [1.82, 2.24) is 10.1 Å². The Morgan fingerprint density at radius 3 is 1.49 bits per heavy atom. The highest BCUT2D eigenvalue weighted by atomic mass is 16.7. The van der Waals surface area contributed by atoms with E-state index >= 15 is 0 Å². The van der Waals surface area contributed by atoms with Crippen LogP contribution in [0.15, 0.2) is 0 Å². The molecule has 0 saturated carbocycles. The fraction of sp³-hybridized carbons (Fsp3) is 0.926. The molecule has 2 heterocycles. The van der Waals surface area contributed by atoms with Gasteiger partial charge in [-0.25, -0.2) is 0 Å². The lowest BCUT2D eigenvalue weighted by Crippen LogP contribution is -2.50. The number of hydrogen-bond donors (Lipinski definition) is 1. The first-order valence-corrected chi connectivity index (χ1v) is 13.3. The van der Waals surface area contributed by atoms with Crippen molar-refractivity contribution < 1.29 is 29.1 Å². The lowest BCUT2D eigenvalue weighted by atomic mass is 9.97. The van der Waals surface area contributed by atoms with Crippen molar-refractivity contribution in [3.05, 3.63) is 0 Å². The lowest BCUT2D eigenvalue weighted by Gasteiger charge is -2.38. The molecule has 1 N–H and O–H groups in total. The number of hydrogen-bond acceptors (Lipinski definition) is 8. The van der Waals surface area contributed by atoms with Crippen molar-refractivity contribution >= 4 is 11.9 Å². The standard InChI is InChI=1S/C27H50N2O6/c1-24(2)18-20(26(5,6)28(24)32)34-22(30)16-14-12-10-11-13-15-17-23(31)35-21-19-25(3,4)29(33-9)27(21,7)8/h20-21,32H,10-19H2,1-9H3. The van der Waals surface area contributed by atoms with Crippen LogP contribution in [0.4, 0.5) is 0 Å². The summed E-state index contributed by atoms with van der Waals surface area (Å²) in [7, 11) is 1.66. The Morgan fingerprint density at radius 1 is 0.714 bits per heavy atom. The predicted molar refractivity (Wildman–Crippen MR) is 135 cm³/mol. The fourth-order valence-corrected chi connectivity index (χ4v) is 5.94. The molecule has 0 spiro atoms. The topological polar surface area (TPSA) is 88.5 Å². The van der Waals surface area contributed by atoms with Crippen LogP contribution in [0, 0.1) is 0 Å². The van der Waals surface area contributed by atoms with Crippen LogP contribution in [-0.4, -0.2) is 68.7 Å². The highest BCUT2D eigenvalue weighted by molar-refractivity contribution is 5.70. The summed E-state index contributed by atoms with van der Waals surface area (Å²) in [4.78, 5) is 30.3. The maximum Gasteiger partial charge on any atom is 0.306 e. The number of carbonyl (C=O) groups is 2. The van der Waals surface area contributed by atoms with Gasteiger partial charge in [0.2, 0.25) is 0 Å². The van der Waals surface area contributed by atoms with Gasteiger partial charge < -0.3 is 19.5 Å². The third kappa shape index (κ3) is 7.18. The van der Waals surface area contributed by atoms with Crippen LogP contribution in [0.25, 0.3) is 0 Å². The fourth-order valence-electron chi connectivity index (χ4n) is 5.94. The van der Waals surface area contributed by atoms with Gasteiger partial charge in [-0.2, -0.15) is 10.1 Å². The summed E-state index contributed by atoms with van der Waals surface area (Å²) >= 11 is 0. The Morgan fingerprint density at radius 2 is 1.11 bits per heavy atom. The van der Waals surface area contributed by atoms with Crippen molar-refractivity contribution in [3.63, 3.8) is 0 Å². The molecule has 35 heavy (non-hydrogen) atoms. The Balaban J connectivity index is 1.56. The molecular formula is C27H50N2O6. The highest BCUT2D eigenvalue weighted by Crippen LogP contribution is 2.43. The number of rotatable bonds is 12. The molecular weight excluding hydrogens is 448 g/mol. The molecule has 2 aliphatic rings. The quantitative estimate of drug-likeness (QED) is 0.282. The van der Waals surface area contributed by atoms with Crippen molar-refractivity contribution in [3.8, 4) is 0 Å². The van der Waals surface area contributed by atoms with Crippen LogP contribution in [-0.2, 0) is 23.9 Å². The second-order valence-electron chi connectivity index (χ2n) is 12.7. The third-order valence-electron chi connectivity index (χ3n) is 7.88. The number of ether oxygens (including phenoxy) is 2. The van der Waals surface area contributed by atoms with Crippen LogP contribution in [0.3, 0.4) is 0 Å². The maximum atomic E-state index is 12.4. The Kier molecular flexibility index (Phi) is 9.81. The van der Waals surface area contributed by atoms with Crippen LogP contribution in [0.1, 0.15) is 120 Å². The van der Waals surface area contributed by atoms with E-state index in [2.05, 4.69) is 27.7 Å². The van der Waals surface area contributed by atoms with Crippen molar-refractivity contribution in [1.29, 1.82) is 0 Å². The van der Waals surface area contributed by atoms with E-state index in [1.807, 2.05) is 32.8 Å². The molecule has 0 aromatic rings. The largest absolute Gasteiger partial charge is 0.460 e. The normalized spacial score (nSPS) is 27.1. The van der Waals surface area contributed by atoms with E-state index in [0.717, 1.165) is 44.9 Å². The van der Waals surface area contributed by atoms with Gasteiger partial charge in [-0.15, -0.1) is 0 Å². The predicted octanol–water partition coefficient (Wildman–Crippen LogP) is 5.41. The molecule has 2 unspecified atom stereocenters. The highest BCUT2D eigenvalue weighted by Gasteiger charge is 2.54.